The largest absolute Gasteiger partial charge is 0.357 e. The Kier molecular flexibility index (Phi) is 8.73. The number of benzene rings is 2. The van der Waals surface area contributed by atoms with Crippen molar-refractivity contribution >= 4 is 50.7 Å². The van der Waals surface area contributed by atoms with Gasteiger partial charge in [0.2, 0.25) is 21.8 Å². The van der Waals surface area contributed by atoms with Crippen molar-refractivity contribution in [1.29, 1.82) is 0 Å². The molecule has 10 heteroatoms. The quantitative estimate of drug-likeness (QED) is 0.589. The molecule has 2 rings (SSSR count). The highest BCUT2D eigenvalue weighted by atomic mass is 35.5. The van der Waals surface area contributed by atoms with Crippen LogP contribution in [0.2, 0.25) is 10.0 Å². The summed E-state index contributed by atoms with van der Waals surface area (Å²) in [6.45, 7) is 1.42. The van der Waals surface area contributed by atoms with Crippen LogP contribution in [0.3, 0.4) is 0 Å². The van der Waals surface area contributed by atoms with E-state index in [4.69, 9.17) is 23.2 Å². The SMILES string of the molecule is CC[C@H](C(=O)NC)N(Cc1ccccc1)C(=O)CN(c1ccc(Cl)cc1Cl)S(C)(=O)=O. The average Bonchev–Trinajstić information content (AvgIpc) is 2.72. The minimum Gasteiger partial charge on any atom is -0.357 e. The van der Waals surface area contributed by atoms with Crippen LogP contribution in [0.5, 0.6) is 0 Å². The molecule has 1 atom stereocenters. The van der Waals surface area contributed by atoms with Gasteiger partial charge >= 0.3 is 0 Å². The van der Waals surface area contributed by atoms with E-state index in [1.807, 2.05) is 30.3 Å². The number of carbonyl (C=O) groups is 2. The maximum absolute atomic E-state index is 13.3. The number of nitrogens with one attached hydrogen (secondary N) is 1. The molecular weight excluding hydrogens is 461 g/mol. The number of hydrogen-bond acceptors (Lipinski definition) is 4. The monoisotopic (exact) mass is 485 g/mol. The second-order valence-corrected chi connectivity index (χ2v) is 9.66. The van der Waals surface area contributed by atoms with Gasteiger partial charge in [0, 0.05) is 18.6 Å². The molecule has 0 bridgehead atoms. The van der Waals surface area contributed by atoms with Gasteiger partial charge in [-0.3, -0.25) is 13.9 Å². The summed E-state index contributed by atoms with van der Waals surface area (Å²) < 4.78 is 25.9. The third-order valence-corrected chi connectivity index (χ3v) is 6.35. The van der Waals surface area contributed by atoms with Crippen LogP contribution < -0.4 is 9.62 Å². The number of amides is 2. The van der Waals surface area contributed by atoms with Crippen LogP contribution >= 0.6 is 23.2 Å². The molecule has 0 aromatic heterocycles. The predicted octanol–water partition coefficient (Wildman–Crippen LogP) is 3.31. The first-order valence-electron chi connectivity index (χ1n) is 9.56. The van der Waals surface area contributed by atoms with E-state index in [-0.39, 0.29) is 23.2 Å². The molecule has 2 aromatic rings. The van der Waals surface area contributed by atoms with E-state index in [2.05, 4.69) is 5.32 Å². The third-order valence-electron chi connectivity index (χ3n) is 4.69. The standard InChI is InChI=1S/C21H25Cl2N3O4S/c1-4-18(21(28)24-2)25(13-15-8-6-5-7-9-15)20(27)14-26(31(3,29)30)19-11-10-16(22)12-17(19)23/h5-12,18H,4,13-14H2,1-3H3,(H,24,28)/t18-/m1/s1. The third kappa shape index (κ3) is 6.59. The Labute approximate surface area is 193 Å². The van der Waals surface area contributed by atoms with Crippen LogP contribution in [-0.2, 0) is 26.2 Å². The summed E-state index contributed by atoms with van der Waals surface area (Å²) in [5.41, 5.74) is 0.947. The number of likely N-dealkylation sites (N-methyl/N-ethyl adjacent to an activating group) is 1. The Morgan fingerprint density at radius 2 is 1.74 bits per heavy atom. The van der Waals surface area contributed by atoms with Crippen molar-refractivity contribution in [2.24, 2.45) is 0 Å². The second kappa shape index (κ2) is 10.8. The molecule has 1 N–H and O–H groups in total. The molecule has 0 heterocycles. The number of sulfonamides is 1. The summed E-state index contributed by atoms with van der Waals surface area (Å²) in [5, 5.41) is 3.00. The summed E-state index contributed by atoms with van der Waals surface area (Å²) in [4.78, 5) is 27.2. The summed E-state index contributed by atoms with van der Waals surface area (Å²) in [6, 6.07) is 12.7. The van der Waals surface area contributed by atoms with Gasteiger partial charge in [-0.05, 0) is 30.2 Å². The minimum atomic E-state index is -3.86. The molecule has 168 valence electrons. The molecule has 0 fully saturated rings. The fraction of sp³-hybridized carbons (Fsp3) is 0.333. The molecule has 0 unspecified atom stereocenters. The highest BCUT2D eigenvalue weighted by Crippen LogP contribution is 2.30. The zero-order valence-corrected chi connectivity index (χ0v) is 19.8. The van der Waals surface area contributed by atoms with Gasteiger partial charge in [0.15, 0.2) is 0 Å². The van der Waals surface area contributed by atoms with E-state index in [9.17, 15) is 18.0 Å². The zero-order chi connectivity index (χ0) is 23.2. The van der Waals surface area contributed by atoms with Crippen molar-refractivity contribution in [3.8, 4) is 0 Å². The molecule has 31 heavy (non-hydrogen) atoms. The highest BCUT2D eigenvalue weighted by molar-refractivity contribution is 7.92. The molecule has 0 aliphatic heterocycles. The highest BCUT2D eigenvalue weighted by Gasteiger charge is 2.31. The topological polar surface area (TPSA) is 86.8 Å². The normalized spacial score (nSPS) is 12.2. The van der Waals surface area contributed by atoms with Crippen molar-refractivity contribution in [1.82, 2.24) is 10.2 Å². The number of nitrogens with zero attached hydrogens (tertiary/aromatic N) is 2. The van der Waals surface area contributed by atoms with Gasteiger partial charge in [0.1, 0.15) is 12.6 Å². The van der Waals surface area contributed by atoms with Gasteiger partial charge in [0.05, 0.1) is 17.0 Å². The van der Waals surface area contributed by atoms with Crippen LogP contribution in [-0.4, -0.2) is 51.0 Å². The second-order valence-electron chi connectivity index (χ2n) is 6.91. The van der Waals surface area contributed by atoms with Crippen LogP contribution in [0.15, 0.2) is 48.5 Å². The van der Waals surface area contributed by atoms with Crippen LogP contribution in [0.25, 0.3) is 0 Å². The minimum absolute atomic E-state index is 0.0960. The Morgan fingerprint density at radius 3 is 2.26 bits per heavy atom. The lowest BCUT2D eigenvalue weighted by atomic mass is 10.1. The smallest absolute Gasteiger partial charge is 0.244 e. The van der Waals surface area contributed by atoms with E-state index in [0.717, 1.165) is 16.1 Å². The Bertz CT molecular complexity index is 1030. The van der Waals surface area contributed by atoms with E-state index in [0.29, 0.717) is 11.4 Å². The van der Waals surface area contributed by atoms with Gasteiger partial charge in [-0.15, -0.1) is 0 Å². The number of anilines is 1. The molecule has 0 aliphatic rings. The van der Waals surface area contributed by atoms with E-state index in [1.165, 1.54) is 30.1 Å². The Hall–Kier alpha value is -2.29. The maximum Gasteiger partial charge on any atom is 0.244 e. The molecule has 0 saturated carbocycles. The summed E-state index contributed by atoms with van der Waals surface area (Å²) in [6.07, 6.45) is 1.35. The van der Waals surface area contributed by atoms with Crippen molar-refractivity contribution < 1.29 is 18.0 Å². The van der Waals surface area contributed by atoms with E-state index >= 15 is 0 Å². The van der Waals surface area contributed by atoms with Gasteiger partial charge in [-0.1, -0.05) is 60.5 Å². The number of halogens is 2. The van der Waals surface area contributed by atoms with E-state index in [1.54, 1.807) is 6.92 Å². The number of carbonyl (C=O) groups excluding carboxylic acids is 2. The maximum atomic E-state index is 13.3. The first kappa shape index (κ1) is 25.0. The van der Waals surface area contributed by atoms with Gasteiger partial charge in [-0.2, -0.15) is 0 Å². The first-order valence-corrected chi connectivity index (χ1v) is 12.2. The lowest BCUT2D eigenvalue weighted by molar-refractivity contribution is -0.140. The van der Waals surface area contributed by atoms with Gasteiger partial charge < -0.3 is 10.2 Å². The van der Waals surface area contributed by atoms with Crippen LogP contribution in [0.1, 0.15) is 18.9 Å². The van der Waals surface area contributed by atoms with Gasteiger partial charge in [-0.25, -0.2) is 8.42 Å². The lowest BCUT2D eigenvalue weighted by Crippen LogP contribution is -2.51. The molecule has 0 saturated heterocycles. The van der Waals surface area contributed by atoms with Crippen LogP contribution in [0, 0.1) is 0 Å². The Balaban J connectivity index is 2.44. The lowest BCUT2D eigenvalue weighted by Gasteiger charge is -2.32. The number of hydrogen-bond donors (Lipinski definition) is 1. The van der Waals surface area contributed by atoms with Crippen molar-refractivity contribution in [2.45, 2.75) is 25.9 Å². The van der Waals surface area contributed by atoms with Crippen LogP contribution in [0.4, 0.5) is 5.69 Å². The molecule has 2 amide bonds. The molecule has 2 aromatic carbocycles. The Morgan fingerprint density at radius 1 is 1.10 bits per heavy atom. The summed E-state index contributed by atoms with van der Waals surface area (Å²) in [7, 11) is -2.36. The van der Waals surface area contributed by atoms with Crippen molar-refractivity contribution in [3.05, 3.63) is 64.1 Å². The first-order chi connectivity index (χ1) is 14.6. The van der Waals surface area contributed by atoms with Gasteiger partial charge in [0.25, 0.3) is 0 Å². The molecule has 7 nitrogen and oxygen atoms in total. The predicted molar refractivity (Wildman–Crippen MR) is 124 cm³/mol. The molecule has 0 spiro atoms. The van der Waals surface area contributed by atoms with Crippen molar-refractivity contribution in [3.63, 3.8) is 0 Å². The molecule has 0 aliphatic carbocycles. The fourth-order valence-corrected chi connectivity index (χ4v) is 4.57. The van der Waals surface area contributed by atoms with E-state index < -0.39 is 28.5 Å². The zero-order valence-electron chi connectivity index (χ0n) is 17.5. The molecular formula is C21H25Cl2N3O4S. The average molecular weight is 486 g/mol. The number of rotatable bonds is 9. The molecule has 0 radical (unpaired) electrons. The summed E-state index contributed by atoms with van der Waals surface area (Å²) >= 11 is 12.1. The van der Waals surface area contributed by atoms with Crippen molar-refractivity contribution in [2.75, 3.05) is 24.2 Å². The summed E-state index contributed by atoms with van der Waals surface area (Å²) in [5.74, 6) is -0.863. The fourth-order valence-electron chi connectivity index (χ4n) is 3.14.